The van der Waals surface area contributed by atoms with Crippen LogP contribution in [-0.4, -0.2) is 30.8 Å². The molecule has 1 aromatic carbocycles. The Morgan fingerprint density at radius 3 is 2.68 bits per heavy atom. The zero-order valence-corrected chi connectivity index (χ0v) is 11.8. The minimum Gasteiger partial charge on any atom is -0.508 e. The first-order chi connectivity index (χ1) is 8.69. The number of aromatic hydroxyl groups is 1. The first-order valence-electron chi connectivity index (χ1n) is 6.36. The number of hydrogen-bond donors (Lipinski definition) is 2. The summed E-state index contributed by atoms with van der Waals surface area (Å²) in [7, 11) is 0. The summed E-state index contributed by atoms with van der Waals surface area (Å²) in [5.41, 5.74) is 0.238. The normalized spacial score (nSPS) is 17.3. The lowest BCUT2D eigenvalue weighted by Crippen LogP contribution is -2.46. The van der Waals surface area contributed by atoms with Crippen LogP contribution in [0.4, 0.5) is 0 Å². The van der Waals surface area contributed by atoms with E-state index in [-0.39, 0.29) is 24.1 Å². The molecule has 0 atom stereocenters. The van der Waals surface area contributed by atoms with Gasteiger partial charge in [-0.1, -0.05) is 12.1 Å². The van der Waals surface area contributed by atoms with E-state index in [0.29, 0.717) is 19.4 Å². The van der Waals surface area contributed by atoms with Crippen LogP contribution in [0.3, 0.4) is 0 Å². The van der Waals surface area contributed by atoms with Crippen molar-refractivity contribution in [3.63, 3.8) is 0 Å². The van der Waals surface area contributed by atoms with Crippen molar-refractivity contribution in [2.75, 3.05) is 19.7 Å². The maximum absolute atomic E-state index is 12.3. The van der Waals surface area contributed by atoms with Crippen molar-refractivity contribution in [1.82, 2.24) is 5.32 Å². The van der Waals surface area contributed by atoms with Crippen LogP contribution in [0.5, 0.6) is 5.75 Å². The standard InChI is InChI=1S/C14H19NO3.ClH/c1-2-18-13(17)14(6-8-15-9-7-14)11-4-3-5-12(16)10-11;/h3-5,10,15-16H,2,6-9H2,1H3;1H. The fourth-order valence-electron chi connectivity index (χ4n) is 2.54. The molecule has 5 heteroatoms. The molecule has 2 N–H and O–H groups in total. The Kier molecular flexibility index (Phi) is 5.63. The van der Waals surface area contributed by atoms with Crippen molar-refractivity contribution in [2.45, 2.75) is 25.2 Å². The quantitative estimate of drug-likeness (QED) is 0.834. The molecule has 0 saturated carbocycles. The number of carbonyl (C=O) groups is 1. The predicted molar refractivity (Wildman–Crippen MR) is 75.8 cm³/mol. The summed E-state index contributed by atoms with van der Waals surface area (Å²) in [4.78, 5) is 12.3. The molecule has 1 aliphatic heterocycles. The van der Waals surface area contributed by atoms with Gasteiger partial charge in [0.25, 0.3) is 0 Å². The Morgan fingerprint density at radius 2 is 2.11 bits per heavy atom. The molecular formula is C14H20ClNO3. The Bertz CT molecular complexity index is 430. The SMILES string of the molecule is CCOC(=O)C1(c2cccc(O)c2)CCNCC1.Cl. The molecule has 1 aliphatic rings. The van der Waals surface area contributed by atoms with Gasteiger partial charge in [0.2, 0.25) is 0 Å². The van der Waals surface area contributed by atoms with Crippen LogP contribution in [0, 0.1) is 0 Å². The predicted octanol–water partition coefficient (Wildman–Crippen LogP) is 2.00. The Morgan fingerprint density at radius 1 is 1.42 bits per heavy atom. The number of piperidine rings is 1. The third-order valence-corrected chi connectivity index (χ3v) is 3.52. The van der Waals surface area contributed by atoms with Gasteiger partial charge in [-0.2, -0.15) is 0 Å². The molecule has 0 bridgehead atoms. The average molecular weight is 286 g/mol. The lowest BCUT2D eigenvalue weighted by Gasteiger charge is -2.35. The van der Waals surface area contributed by atoms with E-state index < -0.39 is 5.41 Å². The summed E-state index contributed by atoms with van der Waals surface area (Å²) in [6.45, 7) is 3.77. The third-order valence-electron chi connectivity index (χ3n) is 3.52. The largest absolute Gasteiger partial charge is 0.508 e. The van der Waals surface area contributed by atoms with E-state index in [4.69, 9.17) is 4.74 Å². The van der Waals surface area contributed by atoms with E-state index in [1.807, 2.05) is 13.0 Å². The summed E-state index contributed by atoms with van der Waals surface area (Å²) in [6.07, 6.45) is 1.41. The monoisotopic (exact) mass is 285 g/mol. The molecule has 1 aromatic rings. The van der Waals surface area contributed by atoms with E-state index in [1.165, 1.54) is 0 Å². The minimum atomic E-state index is -0.611. The Labute approximate surface area is 119 Å². The highest BCUT2D eigenvalue weighted by atomic mass is 35.5. The number of rotatable bonds is 3. The second-order valence-corrected chi connectivity index (χ2v) is 4.60. The molecule has 2 rings (SSSR count). The van der Waals surface area contributed by atoms with Gasteiger partial charge in [-0.05, 0) is 50.6 Å². The topological polar surface area (TPSA) is 58.6 Å². The smallest absolute Gasteiger partial charge is 0.316 e. The van der Waals surface area contributed by atoms with Gasteiger partial charge in [0, 0.05) is 0 Å². The second-order valence-electron chi connectivity index (χ2n) is 4.60. The van der Waals surface area contributed by atoms with Gasteiger partial charge >= 0.3 is 5.97 Å². The highest BCUT2D eigenvalue weighted by molar-refractivity contribution is 5.85. The first-order valence-corrected chi connectivity index (χ1v) is 6.36. The van der Waals surface area contributed by atoms with Gasteiger partial charge in [-0.3, -0.25) is 4.79 Å². The number of phenolic OH excluding ortho intramolecular Hbond substituents is 1. The van der Waals surface area contributed by atoms with Crippen LogP contribution in [0.25, 0.3) is 0 Å². The van der Waals surface area contributed by atoms with Gasteiger partial charge in [0.05, 0.1) is 12.0 Å². The molecule has 0 aliphatic carbocycles. The first kappa shape index (κ1) is 15.8. The third kappa shape index (κ3) is 3.19. The summed E-state index contributed by atoms with van der Waals surface area (Å²) in [6, 6.07) is 6.95. The maximum atomic E-state index is 12.3. The Hall–Kier alpha value is -1.26. The number of ether oxygens (including phenoxy) is 1. The van der Waals surface area contributed by atoms with Gasteiger partial charge in [0.1, 0.15) is 5.75 Å². The lowest BCUT2D eigenvalue weighted by atomic mass is 9.73. The molecule has 19 heavy (non-hydrogen) atoms. The van der Waals surface area contributed by atoms with Gasteiger partial charge in [-0.25, -0.2) is 0 Å². The van der Waals surface area contributed by atoms with Crippen LogP contribution in [0.15, 0.2) is 24.3 Å². The molecular weight excluding hydrogens is 266 g/mol. The average Bonchev–Trinajstić information content (AvgIpc) is 2.40. The molecule has 1 heterocycles. The van der Waals surface area contributed by atoms with E-state index in [2.05, 4.69) is 5.32 Å². The number of esters is 1. The van der Waals surface area contributed by atoms with E-state index in [0.717, 1.165) is 18.7 Å². The van der Waals surface area contributed by atoms with Crippen molar-refractivity contribution in [3.05, 3.63) is 29.8 Å². The van der Waals surface area contributed by atoms with Crippen LogP contribution < -0.4 is 5.32 Å². The fraction of sp³-hybridized carbons (Fsp3) is 0.500. The fourth-order valence-corrected chi connectivity index (χ4v) is 2.54. The number of hydrogen-bond acceptors (Lipinski definition) is 4. The minimum absolute atomic E-state index is 0. The zero-order chi connectivity index (χ0) is 13.0. The van der Waals surface area contributed by atoms with Gasteiger partial charge in [0.15, 0.2) is 0 Å². The highest BCUT2D eigenvalue weighted by Crippen LogP contribution is 2.36. The highest BCUT2D eigenvalue weighted by Gasteiger charge is 2.42. The molecule has 1 fully saturated rings. The number of halogens is 1. The number of phenols is 1. The molecule has 0 aromatic heterocycles. The molecule has 0 amide bonds. The summed E-state index contributed by atoms with van der Waals surface area (Å²) in [5.74, 6) is 0.00630. The van der Waals surface area contributed by atoms with Crippen molar-refractivity contribution in [3.8, 4) is 5.75 Å². The van der Waals surface area contributed by atoms with Gasteiger partial charge in [-0.15, -0.1) is 12.4 Å². The number of carbonyl (C=O) groups excluding carboxylic acids is 1. The van der Waals surface area contributed by atoms with Crippen LogP contribution in [-0.2, 0) is 14.9 Å². The molecule has 1 saturated heterocycles. The molecule has 4 nitrogen and oxygen atoms in total. The lowest BCUT2D eigenvalue weighted by molar-refractivity contribution is -0.151. The van der Waals surface area contributed by atoms with Gasteiger partial charge < -0.3 is 15.2 Å². The van der Waals surface area contributed by atoms with E-state index in [1.54, 1.807) is 18.2 Å². The maximum Gasteiger partial charge on any atom is 0.316 e. The molecule has 0 radical (unpaired) electrons. The van der Waals surface area contributed by atoms with Crippen molar-refractivity contribution >= 4 is 18.4 Å². The summed E-state index contributed by atoms with van der Waals surface area (Å²) in [5, 5.41) is 12.9. The van der Waals surface area contributed by atoms with Crippen molar-refractivity contribution < 1.29 is 14.6 Å². The number of nitrogens with one attached hydrogen (secondary N) is 1. The van der Waals surface area contributed by atoms with E-state index >= 15 is 0 Å². The zero-order valence-electron chi connectivity index (χ0n) is 11.0. The van der Waals surface area contributed by atoms with Crippen molar-refractivity contribution in [1.29, 1.82) is 0 Å². The van der Waals surface area contributed by atoms with Crippen molar-refractivity contribution in [2.24, 2.45) is 0 Å². The van der Waals surface area contributed by atoms with Crippen LogP contribution in [0.1, 0.15) is 25.3 Å². The van der Waals surface area contributed by atoms with E-state index in [9.17, 15) is 9.90 Å². The summed E-state index contributed by atoms with van der Waals surface area (Å²) < 4.78 is 5.23. The Balaban J connectivity index is 0.00000180. The van der Waals surface area contributed by atoms with Crippen LogP contribution >= 0.6 is 12.4 Å². The molecule has 0 unspecified atom stereocenters. The van der Waals surface area contributed by atoms with Crippen LogP contribution in [0.2, 0.25) is 0 Å². The molecule has 106 valence electrons. The number of benzene rings is 1. The molecule has 0 spiro atoms. The summed E-state index contributed by atoms with van der Waals surface area (Å²) >= 11 is 0. The second kappa shape index (κ2) is 6.78.